The van der Waals surface area contributed by atoms with Gasteiger partial charge in [-0.1, -0.05) is 29.8 Å². The SMILES string of the molecule is CCN(CC)C(=O)CN(C)CC(=O)NCc1ccccc1Cl. The van der Waals surface area contributed by atoms with Gasteiger partial charge in [0.15, 0.2) is 0 Å². The maximum absolute atomic E-state index is 12.0. The molecule has 1 N–H and O–H groups in total. The second kappa shape index (κ2) is 9.43. The first-order valence-electron chi connectivity index (χ1n) is 7.44. The van der Waals surface area contributed by atoms with Crippen molar-refractivity contribution in [1.82, 2.24) is 15.1 Å². The van der Waals surface area contributed by atoms with Crippen LogP contribution in [0.3, 0.4) is 0 Å². The minimum absolute atomic E-state index is 0.0337. The quantitative estimate of drug-likeness (QED) is 0.792. The van der Waals surface area contributed by atoms with E-state index in [0.29, 0.717) is 24.7 Å². The Morgan fingerprint density at radius 3 is 2.36 bits per heavy atom. The zero-order valence-electron chi connectivity index (χ0n) is 13.4. The van der Waals surface area contributed by atoms with Crippen LogP contribution in [0.25, 0.3) is 0 Å². The third-order valence-electron chi connectivity index (χ3n) is 3.37. The van der Waals surface area contributed by atoms with Gasteiger partial charge in [-0.15, -0.1) is 0 Å². The molecular formula is C16H24ClN3O2. The van der Waals surface area contributed by atoms with Gasteiger partial charge < -0.3 is 10.2 Å². The number of halogens is 1. The van der Waals surface area contributed by atoms with E-state index in [9.17, 15) is 9.59 Å². The molecule has 1 rings (SSSR count). The van der Waals surface area contributed by atoms with Crippen LogP contribution in [0.5, 0.6) is 0 Å². The van der Waals surface area contributed by atoms with E-state index in [1.807, 2.05) is 32.0 Å². The number of rotatable bonds is 8. The van der Waals surface area contributed by atoms with E-state index in [0.717, 1.165) is 5.56 Å². The van der Waals surface area contributed by atoms with Crippen LogP contribution in [0.15, 0.2) is 24.3 Å². The number of benzene rings is 1. The molecule has 0 saturated heterocycles. The highest BCUT2D eigenvalue weighted by Gasteiger charge is 2.14. The predicted octanol–water partition coefficient (Wildman–Crippen LogP) is 1.76. The highest BCUT2D eigenvalue weighted by molar-refractivity contribution is 6.31. The first-order valence-corrected chi connectivity index (χ1v) is 7.82. The highest BCUT2D eigenvalue weighted by atomic mass is 35.5. The molecule has 5 nitrogen and oxygen atoms in total. The normalized spacial score (nSPS) is 10.6. The van der Waals surface area contributed by atoms with E-state index < -0.39 is 0 Å². The van der Waals surface area contributed by atoms with Gasteiger partial charge in [-0.2, -0.15) is 0 Å². The van der Waals surface area contributed by atoms with Crippen LogP contribution in [0, 0.1) is 0 Å². The van der Waals surface area contributed by atoms with Gasteiger partial charge >= 0.3 is 0 Å². The van der Waals surface area contributed by atoms with Crippen molar-refractivity contribution in [2.75, 3.05) is 33.2 Å². The molecule has 0 aromatic heterocycles. The van der Waals surface area contributed by atoms with Crippen molar-refractivity contribution in [3.63, 3.8) is 0 Å². The van der Waals surface area contributed by atoms with E-state index in [1.165, 1.54) is 0 Å². The van der Waals surface area contributed by atoms with Crippen molar-refractivity contribution in [2.45, 2.75) is 20.4 Å². The van der Waals surface area contributed by atoms with Crippen LogP contribution >= 0.6 is 11.6 Å². The molecule has 122 valence electrons. The van der Waals surface area contributed by atoms with Gasteiger partial charge in [0.2, 0.25) is 11.8 Å². The Bertz CT molecular complexity index is 504. The highest BCUT2D eigenvalue weighted by Crippen LogP contribution is 2.14. The molecule has 0 unspecified atom stereocenters. The molecule has 0 spiro atoms. The summed E-state index contributed by atoms with van der Waals surface area (Å²) in [7, 11) is 1.76. The van der Waals surface area contributed by atoms with Crippen LogP contribution < -0.4 is 5.32 Å². The number of nitrogens with one attached hydrogen (secondary N) is 1. The number of carbonyl (C=O) groups is 2. The van der Waals surface area contributed by atoms with Crippen LogP contribution in [0.2, 0.25) is 5.02 Å². The van der Waals surface area contributed by atoms with Gasteiger partial charge in [0.1, 0.15) is 0 Å². The number of nitrogens with zero attached hydrogens (tertiary/aromatic N) is 2. The average molecular weight is 326 g/mol. The van der Waals surface area contributed by atoms with Gasteiger partial charge in [0, 0.05) is 24.7 Å². The molecule has 6 heteroatoms. The van der Waals surface area contributed by atoms with E-state index >= 15 is 0 Å². The second-order valence-electron chi connectivity index (χ2n) is 5.11. The Hall–Kier alpha value is -1.59. The van der Waals surface area contributed by atoms with E-state index in [2.05, 4.69) is 5.32 Å². The molecule has 0 saturated carbocycles. The maximum atomic E-state index is 12.0. The molecule has 0 radical (unpaired) electrons. The topological polar surface area (TPSA) is 52.7 Å². The number of amides is 2. The molecule has 0 heterocycles. The Morgan fingerprint density at radius 2 is 1.77 bits per heavy atom. The summed E-state index contributed by atoms with van der Waals surface area (Å²) in [6.07, 6.45) is 0. The lowest BCUT2D eigenvalue weighted by Crippen LogP contribution is -2.42. The molecule has 0 aliphatic heterocycles. The first kappa shape index (κ1) is 18.5. The fourth-order valence-corrected chi connectivity index (χ4v) is 2.30. The van der Waals surface area contributed by atoms with Crippen molar-refractivity contribution < 1.29 is 9.59 Å². The van der Waals surface area contributed by atoms with E-state index in [1.54, 1.807) is 22.9 Å². The number of carbonyl (C=O) groups excluding carboxylic acids is 2. The van der Waals surface area contributed by atoms with E-state index in [4.69, 9.17) is 11.6 Å². The van der Waals surface area contributed by atoms with Crippen molar-refractivity contribution >= 4 is 23.4 Å². The fourth-order valence-electron chi connectivity index (χ4n) is 2.10. The summed E-state index contributed by atoms with van der Waals surface area (Å²) >= 11 is 6.04. The largest absolute Gasteiger partial charge is 0.351 e. The molecule has 0 aliphatic carbocycles. The summed E-state index contributed by atoms with van der Waals surface area (Å²) in [5.41, 5.74) is 0.874. The van der Waals surface area contributed by atoms with Gasteiger partial charge in [-0.05, 0) is 32.5 Å². The number of hydrogen-bond acceptors (Lipinski definition) is 3. The lowest BCUT2D eigenvalue weighted by atomic mass is 10.2. The Labute approximate surface area is 137 Å². The van der Waals surface area contributed by atoms with E-state index in [-0.39, 0.29) is 24.9 Å². The van der Waals surface area contributed by atoms with Crippen molar-refractivity contribution in [2.24, 2.45) is 0 Å². The lowest BCUT2D eigenvalue weighted by Gasteiger charge is -2.22. The number of likely N-dealkylation sites (N-methyl/N-ethyl adjacent to an activating group) is 2. The summed E-state index contributed by atoms with van der Waals surface area (Å²) in [6.45, 7) is 6.05. The van der Waals surface area contributed by atoms with Crippen molar-refractivity contribution in [3.05, 3.63) is 34.9 Å². The molecule has 0 atom stereocenters. The molecule has 0 aliphatic rings. The summed E-state index contributed by atoms with van der Waals surface area (Å²) < 4.78 is 0. The van der Waals surface area contributed by atoms with Gasteiger partial charge in [0.25, 0.3) is 0 Å². The zero-order chi connectivity index (χ0) is 16.5. The average Bonchev–Trinajstić information content (AvgIpc) is 2.47. The van der Waals surface area contributed by atoms with Crippen molar-refractivity contribution in [1.29, 1.82) is 0 Å². The van der Waals surface area contributed by atoms with Crippen LogP contribution in [0.4, 0.5) is 0 Å². The minimum atomic E-state index is -0.130. The molecule has 1 aromatic rings. The van der Waals surface area contributed by atoms with Crippen molar-refractivity contribution in [3.8, 4) is 0 Å². The first-order chi connectivity index (χ1) is 10.5. The summed E-state index contributed by atoms with van der Waals surface area (Å²) in [6, 6.07) is 7.39. The van der Waals surface area contributed by atoms with Crippen LogP contribution in [-0.2, 0) is 16.1 Å². The molecule has 2 amide bonds. The molecule has 1 aromatic carbocycles. The Kier molecular flexibility index (Phi) is 7.91. The molecule has 0 fully saturated rings. The molecule has 22 heavy (non-hydrogen) atoms. The Balaban J connectivity index is 2.38. The predicted molar refractivity (Wildman–Crippen MR) is 88.7 cm³/mol. The van der Waals surface area contributed by atoms with Gasteiger partial charge in [-0.25, -0.2) is 0 Å². The maximum Gasteiger partial charge on any atom is 0.236 e. The summed E-state index contributed by atoms with van der Waals surface area (Å²) in [5.74, 6) is -0.0961. The molecule has 0 bridgehead atoms. The monoisotopic (exact) mass is 325 g/mol. The fraction of sp³-hybridized carbons (Fsp3) is 0.500. The minimum Gasteiger partial charge on any atom is -0.351 e. The second-order valence-corrected chi connectivity index (χ2v) is 5.51. The van der Waals surface area contributed by atoms with Gasteiger partial charge in [0.05, 0.1) is 13.1 Å². The lowest BCUT2D eigenvalue weighted by molar-refractivity contribution is -0.132. The van der Waals surface area contributed by atoms with Crippen LogP contribution in [0.1, 0.15) is 19.4 Å². The number of hydrogen-bond donors (Lipinski definition) is 1. The smallest absolute Gasteiger partial charge is 0.236 e. The third kappa shape index (κ3) is 6.03. The standard InChI is InChI=1S/C16H24ClN3O2/c1-4-20(5-2)16(22)12-19(3)11-15(21)18-10-13-8-6-7-9-14(13)17/h6-9H,4-5,10-12H2,1-3H3,(H,18,21). The Morgan fingerprint density at radius 1 is 1.14 bits per heavy atom. The van der Waals surface area contributed by atoms with Crippen LogP contribution in [-0.4, -0.2) is 54.8 Å². The molecular weight excluding hydrogens is 302 g/mol. The summed E-state index contributed by atoms with van der Waals surface area (Å²) in [5, 5.41) is 3.44. The van der Waals surface area contributed by atoms with Gasteiger partial charge in [-0.3, -0.25) is 14.5 Å². The summed E-state index contributed by atoms with van der Waals surface area (Å²) in [4.78, 5) is 27.3. The third-order valence-corrected chi connectivity index (χ3v) is 3.74. The zero-order valence-corrected chi connectivity index (χ0v) is 14.2.